The number of phenolic OH excluding ortho intramolecular Hbond substituents is 1. The fourth-order valence-electron chi connectivity index (χ4n) is 2.16. The second kappa shape index (κ2) is 8.35. The number of benzene rings is 2. The number of carbonyl (C=O) groups is 2. The first-order valence-electron chi connectivity index (χ1n) is 7.58. The lowest BCUT2D eigenvalue weighted by atomic mass is 10.1. The summed E-state index contributed by atoms with van der Waals surface area (Å²) >= 11 is 0. The number of nitrogens with zero attached hydrogens (tertiary/aromatic N) is 2. The van der Waals surface area contributed by atoms with Crippen LogP contribution in [0.1, 0.15) is 10.4 Å². The Morgan fingerprint density at radius 3 is 2.46 bits per heavy atom. The van der Waals surface area contributed by atoms with E-state index in [9.17, 15) is 20.0 Å². The lowest BCUT2D eigenvalue weighted by Gasteiger charge is -2.15. The highest BCUT2D eigenvalue weighted by Gasteiger charge is 2.16. The number of hydrogen-bond acceptors (Lipinski definition) is 6. The molecular formula is C19H17N3O4. The van der Waals surface area contributed by atoms with E-state index in [0.29, 0.717) is 5.69 Å². The highest BCUT2D eigenvalue weighted by atomic mass is 16.5. The number of methoxy groups -OCH3 is 1. The minimum absolute atomic E-state index is 0.115. The Labute approximate surface area is 150 Å². The van der Waals surface area contributed by atoms with Crippen LogP contribution in [0.2, 0.25) is 0 Å². The number of amides is 1. The van der Waals surface area contributed by atoms with Crippen molar-refractivity contribution in [3.8, 4) is 11.8 Å². The first kappa shape index (κ1) is 18.5. The van der Waals surface area contributed by atoms with Crippen LogP contribution in [0.3, 0.4) is 0 Å². The normalized spacial score (nSPS) is 10.6. The van der Waals surface area contributed by atoms with Crippen molar-refractivity contribution in [2.45, 2.75) is 0 Å². The lowest BCUT2D eigenvalue weighted by Crippen LogP contribution is -2.19. The van der Waals surface area contributed by atoms with Gasteiger partial charge in [-0.25, -0.2) is 4.79 Å². The Morgan fingerprint density at radius 1 is 1.19 bits per heavy atom. The van der Waals surface area contributed by atoms with Crippen molar-refractivity contribution in [3.63, 3.8) is 0 Å². The minimum Gasteiger partial charge on any atom is -0.508 e. The number of anilines is 2. The van der Waals surface area contributed by atoms with Crippen LogP contribution in [-0.4, -0.2) is 31.1 Å². The summed E-state index contributed by atoms with van der Waals surface area (Å²) < 4.78 is 4.68. The van der Waals surface area contributed by atoms with Crippen LogP contribution in [0.5, 0.6) is 5.75 Å². The van der Waals surface area contributed by atoms with E-state index < -0.39 is 11.9 Å². The molecule has 0 bridgehead atoms. The van der Waals surface area contributed by atoms with Gasteiger partial charge in [-0.05, 0) is 36.4 Å². The molecule has 0 aliphatic rings. The van der Waals surface area contributed by atoms with Crippen LogP contribution < -0.4 is 10.2 Å². The van der Waals surface area contributed by atoms with Gasteiger partial charge >= 0.3 is 5.97 Å². The molecule has 1 amide bonds. The van der Waals surface area contributed by atoms with E-state index >= 15 is 0 Å². The molecule has 0 heterocycles. The zero-order valence-electron chi connectivity index (χ0n) is 14.3. The maximum atomic E-state index is 12.4. The number of para-hydroxylation sites is 1. The van der Waals surface area contributed by atoms with Gasteiger partial charge in [-0.1, -0.05) is 12.1 Å². The van der Waals surface area contributed by atoms with Crippen molar-refractivity contribution < 1.29 is 19.4 Å². The predicted molar refractivity (Wildman–Crippen MR) is 96.6 cm³/mol. The zero-order valence-corrected chi connectivity index (χ0v) is 14.3. The number of nitrogens with one attached hydrogen (secondary N) is 1. The van der Waals surface area contributed by atoms with E-state index in [1.54, 1.807) is 42.3 Å². The highest BCUT2D eigenvalue weighted by Crippen LogP contribution is 2.19. The summed E-state index contributed by atoms with van der Waals surface area (Å²) in [7, 11) is 2.91. The standard InChI is InChI=1S/C19H17N3O4/c1-22(14-7-9-15(23)10-8-14)12-13(11-20)18(24)21-17-6-4-3-5-16(17)19(25)26-2/h3-10,12,23H,1-2H3,(H,21,24)/b13-12-. The smallest absolute Gasteiger partial charge is 0.339 e. The molecule has 0 saturated carbocycles. The van der Waals surface area contributed by atoms with Gasteiger partial charge in [-0.2, -0.15) is 5.26 Å². The molecule has 0 aliphatic heterocycles. The van der Waals surface area contributed by atoms with Gasteiger partial charge in [0.25, 0.3) is 5.91 Å². The van der Waals surface area contributed by atoms with E-state index in [2.05, 4.69) is 10.1 Å². The van der Waals surface area contributed by atoms with Gasteiger partial charge < -0.3 is 20.1 Å². The van der Waals surface area contributed by atoms with Crippen molar-refractivity contribution in [2.24, 2.45) is 0 Å². The Bertz CT molecular complexity index is 882. The number of esters is 1. The Balaban J connectivity index is 2.23. The number of rotatable bonds is 5. The number of nitriles is 1. The Hall–Kier alpha value is -3.79. The summed E-state index contributed by atoms with van der Waals surface area (Å²) in [5, 5.41) is 21.2. The Kier molecular flexibility index (Phi) is 5.96. The van der Waals surface area contributed by atoms with E-state index in [1.165, 1.54) is 31.5 Å². The van der Waals surface area contributed by atoms with Gasteiger partial charge in [0.1, 0.15) is 17.4 Å². The number of hydrogen-bond donors (Lipinski definition) is 2. The molecular weight excluding hydrogens is 334 g/mol. The molecule has 2 N–H and O–H groups in total. The average molecular weight is 351 g/mol. The molecule has 2 aromatic rings. The fraction of sp³-hybridized carbons (Fsp3) is 0.105. The number of phenols is 1. The molecule has 7 nitrogen and oxygen atoms in total. The topological polar surface area (TPSA) is 103 Å². The summed E-state index contributed by atoms with van der Waals surface area (Å²) in [5.74, 6) is -1.14. The Morgan fingerprint density at radius 2 is 1.85 bits per heavy atom. The van der Waals surface area contributed by atoms with Crippen molar-refractivity contribution in [1.82, 2.24) is 0 Å². The monoisotopic (exact) mass is 351 g/mol. The first-order chi connectivity index (χ1) is 12.5. The van der Waals surface area contributed by atoms with Crippen LogP contribution in [0.25, 0.3) is 0 Å². The van der Waals surface area contributed by atoms with Crippen molar-refractivity contribution in [2.75, 3.05) is 24.4 Å². The number of carbonyl (C=O) groups excluding carboxylic acids is 2. The fourth-order valence-corrected chi connectivity index (χ4v) is 2.16. The number of ether oxygens (including phenoxy) is 1. The van der Waals surface area contributed by atoms with Crippen molar-refractivity contribution >= 4 is 23.3 Å². The lowest BCUT2D eigenvalue weighted by molar-refractivity contribution is -0.112. The van der Waals surface area contributed by atoms with Gasteiger partial charge in [-0.15, -0.1) is 0 Å². The SMILES string of the molecule is COC(=O)c1ccccc1NC(=O)/C(C#N)=C\N(C)c1ccc(O)cc1. The van der Waals surface area contributed by atoms with Gasteiger partial charge in [0.05, 0.1) is 18.4 Å². The van der Waals surface area contributed by atoms with Crippen LogP contribution in [0, 0.1) is 11.3 Å². The molecule has 0 saturated heterocycles. The first-order valence-corrected chi connectivity index (χ1v) is 7.58. The zero-order chi connectivity index (χ0) is 19.1. The van der Waals surface area contributed by atoms with E-state index in [4.69, 9.17) is 0 Å². The number of aromatic hydroxyl groups is 1. The molecule has 2 rings (SSSR count). The summed E-state index contributed by atoms with van der Waals surface area (Å²) in [6, 6.07) is 14.5. The second-order valence-corrected chi connectivity index (χ2v) is 5.27. The van der Waals surface area contributed by atoms with Crippen LogP contribution in [-0.2, 0) is 9.53 Å². The van der Waals surface area contributed by atoms with E-state index in [-0.39, 0.29) is 22.6 Å². The van der Waals surface area contributed by atoms with Crippen LogP contribution in [0.15, 0.2) is 60.3 Å². The molecule has 2 aromatic carbocycles. The van der Waals surface area contributed by atoms with E-state index in [1.807, 2.05) is 6.07 Å². The molecule has 0 fully saturated rings. The molecule has 0 aliphatic carbocycles. The summed E-state index contributed by atoms with van der Waals surface area (Å²) in [4.78, 5) is 25.7. The molecule has 132 valence electrons. The third-order valence-electron chi connectivity index (χ3n) is 3.53. The second-order valence-electron chi connectivity index (χ2n) is 5.27. The van der Waals surface area contributed by atoms with E-state index in [0.717, 1.165) is 0 Å². The third kappa shape index (κ3) is 4.39. The third-order valence-corrected chi connectivity index (χ3v) is 3.53. The van der Waals surface area contributed by atoms with Crippen molar-refractivity contribution in [1.29, 1.82) is 5.26 Å². The summed E-state index contributed by atoms with van der Waals surface area (Å²) in [6.07, 6.45) is 1.36. The predicted octanol–water partition coefficient (Wildman–Crippen LogP) is 2.66. The van der Waals surface area contributed by atoms with Gasteiger partial charge in [0.2, 0.25) is 0 Å². The maximum absolute atomic E-state index is 12.4. The molecule has 7 heteroatoms. The quantitative estimate of drug-likeness (QED) is 0.488. The van der Waals surface area contributed by atoms with Gasteiger partial charge in [0, 0.05) is 18.9 Å². The largest absolute Gasteiger partial charge is 0.508 e. The molecule has 26 heavy (non-hydrogen) atoms. The minimum atomic E-state index is -0.658. The van der Waals surface area contributed by atoms with Crippen molar-refractivity contribution in [3.05, 3.63) is 65.9 Å². The summed E-state index contributed by atoms with van der Waals surface area (Å²) in [5.41, 5.74) is 0.962. The maximum Gasteiger partial charge on any atom is 0.339 e. The molecule has 0 spiro atoms. The average Bonchev–Trinajstić information content (AvgIpc) is 2.66. The van der Waals surface area contributed by atoms with Gasteiger partial charge in [-0.3, -0.25) is 4.79 Å². The molecule has 0 radical (unpaired) electrons. The van der Waals surface area contributed by atoms with Crippen LogP contribution >= 0.6 is 0 Å². The molecule has 0 aromatic heterocycles. The highest BCUT2D eigenvalue weighted by molar-refractivity contribution is 6.09. The van der Waals surface area contributed by atoms with Gasteiger partial charge in [0.15, 0.2) is 0 Å². The summed E-state index contributed by atoms with van der Waals surface area (Å²) in [6.45, 7) is 0. The molecule has 0 unspecified atom stereocenters. The molecule has 0 atom stereocenters. The van der Waals surface area contributed by atoms with Crippen LogP contribution in [0.4, 0.5) is 11.4 Å².